The van der Waals surface area contributed by atoms with Gasteiger partial charge in [0.15, 0.2) is 5.54 Å². The number of carboxylic acids is 1. The highest BCUT2D eigenvalue weighted by Gasteiger charge is 2.35. The van der Waals surface area contributed by atoms with E-state index in [0.29, 0.717) is 0 Å². The summed E-state index contributed by atoms with van der Waals surface area (Å²) in [5.41, 5.74) is 1.48. The summed E-state index contributed by atoms with van der Waals surface area (Å²) < 4.78 is 0. The van der Waals surface area contributed by atoms with Gasteiger partial charge in [-0.15, -0.1) is 0 Å². The van der Waals surface area contributed by atoms with Crippen molar-refractivity contribution in [3.05, 3.63) is 65.7 Å². The average Bonchev–Trinajstić information content (AvgIpc) is 2.40. The van der Waals surface area contributed by atoms with Crippen LogP contribution in [0.25, 0.3) is 0 Å². The lowest BCUT2D eigenvalue weighted by atomic mass is 9.91. The third-order valence-corrected chi connectivity index (χ3v) is 3.22. The Bertz CT molecular complexity index is 563. The van der Waals surface area contributed by atoms with Crippen LogP contribution in [-0.4, -0.2) is 11.1 Å². The molecule has 2 aromatic carbocycles. The van der Waals surface area contributed by atoms with Crippen LogP contribution in [0.1, 0.15) is 18.1 Å². The van der Waals surface area contributed by atoms with Crippen molar-refractivity contribution < 1.29 is 9.90 Å². The Balaban J connectivity index is 2.38. The van der Waals surface area contributed by atoms with Gasteiger partial charge in [0.2, 0.25) is 0 Å². The standard InChI is InChI=1S/C16H17NO2/c1-12-8-10-13(11-9-12)16(2,15(18)19)17-14-6-4-3-5-7-14/h3-11,17H,1-2H3,(H,18,19). The van der Waals surface area contributed by atoms with Crippen molar-refractivity contribution in [2.75, 3.05) is 5.32 Å². The molecule has 0 saturated heterocycles. The van der Waals surface area contributed by atoms with E-state index < -0.39 is 11.5 Å². The first-order valence-corrected chi connectivity index (χ1v) is 6.16. The minimum absolute atomic E-state index is 0.731. The number of hydrogen-bond acceptors (Lipinski definition) is 2. The number of rotatable bonds is 4. The van der Waals surface area contributed by atoms with Gasteiger partial charge < -0.3 is 10.4 Å². The van der Waals surface area contributed by atoms with E-state index in [2.05, 4.69) is 5.32 Å². The first kappa shape index (κ1) is 13.1. The molecule has 1 unspecified atom stereocenters. The van der Waals surface area contributed by atoms with E-state index in [1.807, 2.05) is 61.5 Å². The van der Waals surface area contributed by atoms with Gasteiger partial charge in [0, 0.05) is 5.69 Å². The fourth-order valence-electron chi connectivity index (χ4n) is 1.95. The first-order valence-electron chi connectivity index (χ1n) is 6.16. The summed E-state index contributed by atoms with van der Waals surface area (Å²) in [5, 5.41) is 12.6. The summed E-state index contributed by atoms with van der Waals surface area (Å²) in [6.45, 7) is 3.65. The van der Waals surface area contributed by atoms with Gasteiger partial charge in [0.1, 0.15) is 0 Å². The van der Waals surface area contributed by atoms with Crippen LogP contribution in [0.5, 0.6) is 0 Å². The van der Waals surface area contributed by atoms with Crippen molar-refractivity contribution in [3.8, 4) is 0 Å². The van der Waals surface area contributed by atoms with E-state index in [-0.39, 0.29) is 0 Å². The van der Waals surface area contributed by atoms with Gasteiger partial charge in [0.25, 0.3) is 0 Å². The Morgan fingerprint density at radius 1 is 1.05 bits per heavy atom. The van der Waals surface area contributed by atoms with Crippen LogP contribution >= 0.6 is 0 Å². The molecular weight excluding hydrogens is 238 g/mol. The lowest BCUT2D eigenvalue weighted by Gasteiger charge is -2.28. The summed E-state index contributed by atoms with van der Waals surface area (Å²) in [4.78, 5) is 11.6. The average molecular weight is 255 g/mol. The van der Waals surface area contributed by atoms with Crippen LogP contribution in [0, 0.1) is 6.92 Å². The summed E-state index contributed by atoms with van der Waals surface area (Å²) in [6, 6.07) is 16.9. The number of hydrogen-bond donors (Lipinski definition) is 2. The zero-order valence-electron chi connectivity index (χ0n) is 11.1. The summed E-state index contributed by atoms with van der Waals surface area (Å²) >= 11 is 0. The highest BCUT2D eigenvalue weighted by molar-refractivity contribution is 5.84. The maximum absolute atomic E-state index is 11.6. The fraction of sp³-hybridized carbons (Fsp3) is 0.188. The molecule has 98 valence electrons. The molecule has 0 bridgehead atoms. The molecule has 0 heterocycles. The first-order chi connectivity index (χ1) is 9.02. The summed E-state index contributed by atoms with van der Waals surface area (Å²) in [6.07, 6.45) is 0. The van der Waals surface area contributed by atoms with E-state index in [1.54, 1.807) is 6.92 Å². The van der Waals surface area contributed by atoms with Gasteiger partial charge in [-0.25, -0.2) is 4.79 Å². The molecule has 0 aliphatic rings. The number of aryl methyl sites for hydroxylation is 1. The maximum atomic E-state index is 11.6. The Morgan fingerprint density at radius 3 is 2.16 bits per heavy atom. The molecule has 0 amide bonds. The van der Waals surface area contributed by atoms with Crippen molar-refractivity contribution in [1.29, 1.82) is 0 Å². The smallest absolute Gasteiger partial charge is 0.333 e. The molecule has 2 N–H and O–H groups in total. The molecular formula is C16H17NO2. The predicted octanol–water partition coefficient (Wildman–Crippen LogP) is 3.41. The zero-order valence-corrected chi connectivity index (χ0v) is 11.1. The molecule has 0 aliphatic heterocycles. The third-order valence-electron chi connectivity index (χ3n) is 3.22. The lowest BCUT2D eigenvalue weighted by molar-refractivity contribution is -0.142. The molecule has 0 radical (unpaired) electrons. The SMILES string of the molecule is Cc1ccc(C(C)(Nc2ccccc2)C(=O)O)cc1. The third kappa shape index (κ3) is 2.76. The number of aliphatic carboxylic acids is 1. The number of para-hydroxylation sites is 1. The van der Waals surface area contributed by atoms with E-state index in [4.69, 9.17) is 0 Å². The number of carboxylic acid groups (broad SMARTS) is 1. The molecule has 0 fully saturated rings. The van der Waals surface area contributed by atoms with E-state index >= 15 is 0 Å². The van der Waals surface area contributed by atoms with Gasteiger partial charge in [-0.2, -0.15) is 0 Å². The molecule has 2 aromatic rings. The largest absolute Gasteiger partial charge is 0.479 e. The molecule has 0 spiro atoms. The number of benzene rings is 2. The topological polar surface area (TPSA) is 49.3 Å². The van der Waals surface area contributed by atoms with Gasteiger partial charge in [-0.1, -0.05) is 48.0 Å². The summed E-state index contributed by atoms with van der Waals surface area (Å²) in [5.74, 6) is -0.903. The predicted molar refractivity (Wildman–Crippen MR) is 76.2 cm³/mol. The quantitative estimate of drug-likeness (QED) is 0.880. The van der Waals surface area contributed by atoms with Crippen LogP contribution < -0.4 is 5.32 Å². The monoisotopic (exact) mass is 255 g/mol. The minimum Gasteiger partial charge on any atom is -0.479 e. The highest BCUT2D eigenvalue weighted by atomic mass is 16.4. The second kappa shape index (κ2) is 5.14. The molecule has 3 nitrogen and oxygen atoms in total. The molecule has 0 aliphatic carbocycles. The number of anilines is 1. The van der Waals surface area contributed by atoms with Crippen molar-refractivity contribution in [2.45, 2.75) is 19.4 Å². The van der Waals surface area contributed by atoms with Crippen molar-refractivity contribution in [2.24, 2.45) is 0 Å². The van der Waals surface area contributed by atoms with Crippen molar-refractivity contribution in [3.63, 3.8) is 0 Å². The maximum Gasteiger partial charge on any atom is 0.333 e. The van der Waals surface area contributed by atoms with E-state index in [1.165, 1.54) is 0 Å². The second-order valence-corrected chi connectivity index (χ2v) is 4.79. The van der Waals surface area contributed by atoms with Crippen LogP contribution in [0.15, 0.2) is 54.6 Å². The Kier molecular flexibility index (Phi) is 3.56. The fourth-order valence-corrected chi connectivity index (χ4v) is 1.95. The van der Waals surface area contributed by atoms with Crippen LogP contribution in [-0.2, 0) is 10.3 Å². The minimum atomic E-state index is -1.14. The molecule has 3 heteroatoms. The van der Waals surface area contributed by atoms with Gasteiger partial charge in [-0.3, -0.25) is 0 Å². The van der Waals surface area contributed by atoms with Crippen LogP contribution in [0.2, 0.25) is 0 Å². The molecule has 1 atom stereocenters. The lowest BCUT2D eigenvalue weighted by Crippen LogP contribution is -2.40. The van der Waals surface area contributed by atoms with Crippen molar-refractivity contribution in [1.82, 2.24) is 0 Å². The number of nitrogens with one attached hydrogen (secondary N) is 1. The normalized spacial score (nSPS) is 13.6. The molecule has 19 heavy (non-hydrogen) atoms. The summed E-state index contributed by atoms with van der Waals surface area (Å²) in [7, 11) is 0. The molecule has 0 aromatic heterocycles. The van der Waals surface area contributed by atoms with E-state index in [0.717, 1.165) is 16.8 Å². The van der Waals surface area contributed by atoms with Gasteiger partial charge in [0.05, 0.1) is 0 Å². The Morgan fingerprint density at radius 2 is 1.63 bits per heavy atom. The number of carbonyl (C=O) groups is 1. The second-order valence-electron chi connectivity index (χ2n) is 4.79. The van der Waals surface area contributed by atoms with Gasteiger partial charge >= 0.3 is 5.97 Å². The van der Waals surface area contributed by atoms with Crippen LogP contribution in [0.3, 0.4) is 0 Å². The van der Waals surface area contributed by atoms with E-state index in [9.17, 15) is 9.90 Å². The molecule has 0 saturated carbocycles. The Labute approximate surface area is 112 Å². The highest BCUT2D eigenvalue weighted by Crippen LogP contribution is 2.26. The van der Waals surface area contributed by atoms with Crippen molar-refractivity contribution >= 4 is 11.7 Å². The Hall–Kier alpha value is -2.29. The van der Waals surface area contributed by atoms with Gasteiger partial charge in [-0.05, 0) is 31.5 Å². The van der Waals surface area contributed by atoms with Crippen LogP contribution in [0.4, 0.5) is 5.69 Å². The molecule has 2 rings (SSSR count). The zero-order chi connectivity index (χ0) is 13.9.